The van der Waals surface area contributed by atoms with E-state index in [9.17, 15) is 14.0 Å². The van der Waals surface area contributed by atoms with Crippen LogP contribution in [-0.4, -0.2) is 38.5 Å². The number of rotatable bonds is 2. The van der Waals surface area contributed by atoms with Gasteiger partial charge in [-0.1, -0.05) is 6.07 Å². The Morgan fingerprint density at radius 2 is 1.67 bits per heavy atom. The minimum absolute atomic E-state index is 0.248. The summed E-state index contributed by atoms with van der Waals surface area (Å²) in [6.07, 6.45) is 1.43. The lowest BCUT2D eigenvalue weighted by atomic mass is 10.0. The summed E-state index contributed by atoms with van der Waals surface area (Å²) < 4.78 is 15.2. The molecule has 0 unspecified atom stereocenters. The molecule has 0 fully saturated rings. The SMILES string of the molecule is Cc1ccc(-n2nc(-c3ccc(F)cc3)c3c4c(cnc32)C(=O)N(C)C4=O)cc1C. The number of carbonyl (C=O) groups excluding carboxylic acids is 2. The van der Waals surface area contributed by atoms with E-state index in [-0.39, 0.29) is 16.9 Å². The highest BCUT2D eigenvalue weighted by Crippen LogP contribution is 2.36. The Morgan fingerprint density at radius 1 is 0.933 bits per heavy atom. The molecular formula is C23H17FN4O2. The second-order valence-electron chi connectivity index (χ2n) is 7.45. The maximum Gasteiger partial charge on any atom is 0.262 e. The number of pyridine rings is 1. The fourth-order valence-electron chi connectivity index (χ4n) is 3.76. The van der Waals surface area contributed by atoms with E-state index in [2.05, 4.69) is 4.98 Å². The summed E-state index contributed by atoms with van der Waals surface area (Å²) in [4.78, 5) is 30.9. The standard InChI is InChI=1S/C23H17FN4O2/c1-12-4-9-16(10-13(12)2)28-21-19(20(26-28)14-5-7-15(24)8-6-14)18-17(11-25-21)22(29)27(3)23(18)30/h4-11H,1-3H3. The van der Waals surface area contributed by atoms with Crippen LogP contribution in [-0.2, 0) is 0 Å². The summed E-state index contributed by atoms with van der Waals surface area (Å²) in [5.41, 5.74) is 5.12. The molecule has 3 heterocycles. The lowest BCUT2D eigenvalue weighted by Gasteiger charge is -2.06. The molecule has 0 saturated heterocycles. The molecule has 0 spiro atoms. The average molecular weight is 400 g/mol. The van der Waals surface area contributed by atoms with Crippen molar-refractivity contribution in [1.82, 2.24) is 19.7 Å². The van der Waals surface area contributed by atoms with E-state index in [4.69, 9.17) is 5.10 Å². The molecule has 5 rings (SSSR count). The highest BCUT2D eigenvalue weighted by Gasteiger charge is 2.37. The lowest BCUT2D eigenvalue weighted by molar-refractivity contribution is 0.0693. The molecule has 1 aliphatic rings. The second kappa shape index (κ2) is 6.32. The molecule has 6 nitrogen and oxygen atoms in total. The summed E-state index contributed by atoms with van der Waals surface area (Å²) in [6, 6.07) is 11.8. The van der Waals surface area contributed by atoms with Crippen molar-refractivity contribution in [3.63, 3.8) is 0 Å². The smallest absolute Gasteiger partial charge is 0.262 e. The first-order valence-electron chi connectivity index (χ1n) is 9.44. The third-order valence-corrected chi connectivity index (χ3v) is 5.60. The van der Waals surface area contributed by atoms with Crippen molar-refractivity contribution in [1.29, 1.82) is 0 Å². The van der Waals surface area contributed by atoms with Gasteiger partial charge in [-0.2, -0.15) is 5.10 Å². The molecule has 0 saturated carbocycles. The number of halogens is 1. The largest absolute Gasteiger partial charge is 0.277 e. The maximum absolute atomic E-state index is 13.5. The van der Waals surface area contributed by atoms with Crippen LogP contribution in [0.1, 0.15) is 31.8 Å². The summed E-state index contributed by atoms with van der Waals surface area (Å²) in [6.45, 7) is 4.03. The van der Waals surface area contributed by atoms with E-state index in [1.165, 1.54) is 25.4 Å². The van der Waals surface area contributed by atoms with Crippen LogP contribution in [0, 0.1) is 19.7 Å². The predicted octanol–water partition coefficient (Wildman–Crippen LogP) is 4.07. The Labute approximate surface area is 171 Å². The Hall–Kier alpha value is -3.87. The molecule has 148 valence electrons. The van der Waals surface area contributed by atoms with Gasteiger partial charge < -0.3 is 0 Å². The Kier molecular flexibility index (Phi) is 3.83. The maximum atomic E-state index is 13.5. The first kappa shape index (κ1) is 18.2. The quantitative estimate of drug-likeness (QED) is 0.476. The van der Waals surface area contributed by atoms with Crippen LogP contribution in [0.4, 0.5) is 4.39 Å². The molecular weight excluding hydrogens is 383 g/mol. The monoisotopic (exact) mass is 400 g/mol. The first-order chi connectivity index (χ1) is 14.4. The van der Waals surface area contributed by atoms with E-state index >= 15 is 0 Å². The Morgan fingerprint density at radius 3 is 2.37 bits per heavy atom. The van der Waals surface area contributed by atoms with Crippen molar-refractivity contribution in [2.45, 2.75) is 13.8 Å². The minimum Gasteiger partial charge on any atom is -0.277 e. The summed E-state index contributed by atoms with van der Waals surface area (Å²) >= 11 is 0. The summed E-state index contributed by atoms with van der Waals surface area (Å²) in [7, 11) is 1.45. The highest BCUT2D eigenvalue weighted by atomic mass is 19.1. The van der Waals surface area contributed by atoms with E-state index in [0.29, 0.717) is 22.3 Å². The van der Waals surface area contributed by atoms with Gasteiger partial charge in [0.1, 0.15) is 11.5 Å². The van der Waals surface area contributed by atoms with Crippen LogP contribution in [0.3, 0.4) is 0 Å². The van der Waals surface area contributed by atoms with Gasteiger partial charge >= 0.3 is 0 Å². The molecule has 2 aromatic carbocycles. The summed E-state index contributed by atoms with van der Waals surface area (Å²) in [5, 5.41) is 5.23. The molecule has 7 heteroatoms. The second-order valence-corrected chi connectivity index (χ2v) is 7.45. The number of aromatic nitrogens is 3. The first-order valence-corrected chi connectivity index (χ1v) is 9.44. The predicted molar refractivity (Wildman–Crippen MR) is 110 cm³/mol. The van der Waals surface area contributed by atoms with Crippen LogP contribution in [0.15, 0.2) is 48.7 Å². The number of hydrogen-bond donors (Lipinski definition) is 0. The fourth-order valence-corrected chi connectivity index (χ4v) is 3.76. The molecule has 2 amide bonds. The number of imide groups is 1. The van der Waals surface area contributed by atoms with E-state index in [0.717, 1.165) is 21.7 Å². The third kappa shape index (κ3) is 2.48. The van der Waals surface area contributed by atoms with Crippen molar-refractivity contribution in [2.24, 2.45) is 0 Å². The molecule has 1 aliphatic heterocycles. The van der Waals surface area contributed by atoms with Gasteiger partial charge in [0, 0.05) is 18.8 Å². The number of nitrogens with zero attached hydrogens (tertiary/aromatic N) is 4. The van der Waals surface area contributed by atoms with Gasteiger partial charge in [-0.05, 0) is 61.4 Å². The molecule has 0 aliphatic carbocycles. The van der Waals surface area contributed by atoms with Gasteiger partial charge in [-0.3, -0.25) is 14.5 Å². The summed E-state index contributed by atoms with van der Waals surface area (Å²) in [5.74, 6) is -1.16. The molecule has 0 radical (unpaired) electrons. The Bertz CT molecular complexity index is 1370. The molecule has 0 bridgehead atoms. The molecule has 4 aromatic rings. The van der Waals surface area contributed by atoms with Crippen molar-refractivity contribution in [3.8, 4) is 16.9 Å². The van der Waals surface area contributed by atoms with E-state index in [1.807, 2.05) is 32.0 Å². The van der Waals surface area contributed by atoms with Gasteiger partial charge in [-0.25, -0.2) is 14.1 Å². The number of hydrogen-bond acceptors (Lipinski definition) is 4. The van der Waals surface area contributed by atoms with Crippen LogP contribution in [0.2, 0.25) is 0 Å². The number of amides is 2. The van der Waals surface area contributed by atoms with Crippen LogP contribution < -0.4 is 0 Å². The normalized spacial score (nSPS) is 13.4. The van der Waals surface area contributed by atoms with E-state index < -0.39 is 11.8 Å². The van der Waals surface area contributed by atoms with Crippen molar-refractivity contribution >= 4 is 22.8 Å². The van der Waals surface area contributed by atoms with Crippen molar-refractivity contribution in [3.05, 3.63) is 76.7 Å². The minimum atomic E-state index is -0.398. The molecule has 30 heavy (non-hydrogen) atoms. The lowest BCUT2D eigenvalue weighted by Crippen LogP contribution is -2.24. The van der Waals surface area contributed by atoms with Gasteiger partial charge in [0.2, 0.25) is 0 Å². The molecule has 2 aromatic heterocycles. The number of aryl methyl sites for hydroxylation is 2. The van der Waals surface area contributed by atoms with Crippen molar-refractivity contribution < 1.29 is 14.0 Å². The van der Waals surface area contributed by atoms with Crippen LogP contribution in [0.5, 0.6) is 0 Å². The number of benzene rings is 2. The zero-order valence-corrected chi connectivity index (χ0v) is 16.6. The zero-order chi connectivity index (χ0) is 21.2. The fraction of sp³-hybridized carbons (Fsp3) is 0.130. The Balaban J connectivity index is 1.88. The zero-order valence-electron chi connectivity index (χ0n) is 16.6. The van der Waals surface area contributed by atoms with E-state index in [1.54, 1.807) is 16.8 Å². The number of fused-ring (bicyclic) bond motifs is 3. The highest BCUT2D eigenvalue weighted by molar-refractivity contribution is 6.27. The average Bonchev–Trinajstić information content (AvgIpc) is 3.22. The van der Waals surface area contributed by atoms with Gasteiger partial charge in [0.05, 0.1) is 22.2 Å². The van der Waals surface area contributed by atoms with Gasteiger partial charge in [0.25, 0.3) is 11.8 Å². The molecule has 0 atom stereocenters. The van der Waals surface area contributed by atoms with Gasteiger partial charge in [-0.15, -0.1) is 0 Å². The topological polar surface area (TPSA) is 68.1 Å². The van der Waals surface area contributed by atoms with Gasteiger partial charge in [0.15, 0.2) is 5.65 Å². The van der Waals surface area contributed by atoms with Crippen molar-refractivity contribution in [2.75, 3.05) is 7.05 Å². The third-order valence-electron chi connectivity index (χ3n) is 5.60. The molecule has 0 N–H and O–H groups in total. The number of carbonyl (C=O) groups is 2. The van der Waals surface area contributed by atoms with Crippen LogP contribution >= 0.6 is 0 Å². The van der Waals surface area contributed by atoms with Crippen LogP contribution in [0.25, 0.3) is 28.0 Å².